The second-order valence-electron chi connectivity index (χ2n) is 5.18. The van der Waals surface area contributed by atoms with Crippen LogP contribution in [0.25, 0.3) is 0 Å². The van der Waals surface area contributed by atoms with Gasteiger partial charge in [-0.05, 0) is 36.8 Å². The molecule has 1 amide bonds. The van der Waals surface area contributed by atoms with Crippen LogP contribution in [0.2, 0.25) is 5.02 Å². The van der Waals surface area contributed by atoms with Gasteiger partial charge < -0.3 is 10.1 Å². The van der Waals surface area contributed by atoms with Crippen LogP contribution in [0.5, 0.6) is 5.75 Å². The molecule has 23 heavy (non-hydrogen) atoms. The fourth-order valence-corrected chi connectivity index (χ4v) is 2.72. The van der Waals surface area contributed by atoms with Gasteiger partial charge in [-0.15, -0.1) is 0 Å². The number of aryl methyl sites for hydroxylation is 1. The molecular formula is C17H14ClFN2O2. The predicted molar refractivity (Wildman–Crippen MR) is 88.3 cm³/mol. The van der Waals surface area contributed by atoms with Crippen LogP contribution >= 0.6 is 11.6 Å². The number of halogens is 2. The van der Waals surface area contributed by atoms with Crippen LogP contribution < -0.4 is 10.1 Å². The van der Waals surface area contributed by atoms with Crippen LogP contribution in [-0.4, -0.2) is 25.3 Å². The highest BCUT2D eigenvalue weighted by molar-refractivity contribution is 6.37. The van der Waals surface area contributed by atoms with Crippen LogP contribution in [0.4, 0.5) is 10.1 Å². The Morgan fingerprint density at radius 3 is 2.83 bits per heavy atom. The van der Waals surface area contributed by atoms with Gasteiger partial charge in [0.15, 0.2) is 0 Å². The summed E-state index contributed by atoms with van der Waals surface area (Å²) in [6.45, 7) is 1.74. The summed E-state index contributed by atoms with van der Waals surface area (Å²) < 4.78 is 19.5. The Bertz CT molecular complexity index is 834. The van der Waals surface area contributed by atoms with Gasteiger partial charge in [-0.3, -0.25) is 9.79 Å². The average Bonchev–Trinajstić information content (AvgIpc) is 2.71. The van der Waals surface area contributed by atoms with Crippen molar-refractivity contribution in [3.63, 3.8) is 0 Å². The summed E-state index contributed by atoms with van der Waals surface area (Å²) in [7, 11) is 1.50. The molecule has 0 aliphatic carbocycles. The number of carbonyl (C=O) groups is 1. The molecule has 2 aromatic rings. The van der Waals surface area contributed by atoms with Crippen LogP contribution in [0.15, 0.2) is 35.3 Å². The summed E-state index contributed by atoms with van der Waals surface area (Å²) in [4.78, 5) is 16.1. The summed E-state index contributed by atoms with van der Waals surface area (Å²) in [5.41, 5.74) is 2.43. The summed E-state index contributed by atoms with van der Waals surface area (Å²) in [6, 6.07) is 7.92. The maximum absolute atomic E-state index is 14.4. The van der Waals surface area contributed by atoms with Gasteiger partial charge in [0.2, 0.25) is 5.91 Å². The number of carbonyl (C=O) groups excluding carboxylic acids is 1. The van der Waals surface area contributed by atoms with Crippen molar-refractivity contribution in [2.45, 2.75) is 6.92 Å². The van der Waals surface area contributed by atoms with E-state index in [-0.39, 0.29) is 18.0 Å². The number of ether oxygens (including phenoxy) is 1. The van der Waals surface area contributed by atoms with Gasteiger partial charge in [0.05, 0.1) is 23.5 Å². The SMILES string of the molecule is COc1ccc(F)c(C2=NCC(=O)Nc3ccc(C)c(Cl)c32)c1. The number of hydrogen-bond donors (Lipinski definition) is 1. The van der Waals surface area contributed by atoms with E-state index in [9.17, 15) is 9.18 Å². The smallest absolute Gasteiger partial charge is 0.246 e. The maximum atomic E-state index is 14.4. The minimum atomic E-state index is -0.456. The maximum Gasteiger partial charge on any atom is 0.246 e. The first-order valence-electron chi connectivity index (χ1n) is 6.99. The van der Waals surface area contributed by atoms with Crippen LogP contribution in [0.3, 0.4) is 0 Å². The molecule has 6 heteroatoms. The van der Waals surface area contributed by atoms with Crippen molar-refractivity contribution in [1.82, 2.24) is 0 Å². The molecular weight excluding hydrogens is 319 g/mol. The first-order chi connectivity index (χ1) is 11.0. The molecule has 0 bridgehead atoms. The van der Waals surface area contributed by atoms with Gasteiger partial charge in [0.25, 0.3) is 0 Å². The van der Waals surface area contributed by atoms with Crippen molar-refractivity contribution in [1.29, 1.82) is 0 Å². The Hall–Kier alpha value is -2.40. The fraction of sp³-hybridized carbons (Fsp3) is 0.176. The molecule has 1 heterocycles. The van der Waals surface area contributed by atoms with E-state index < -0.39 is 5.82 Å². The van der Waals surface area contributed by atoms with Gasteiger partial charge in [-0.25, -0.2) is 4.39 Å². The highest BCUT2D eigenvalue weighted by Crippen LogP contribution is 2.33. The lowest BCUT2D eigenvalue weighted by molar-refractivity contribution is -0.114. The standard InChI is InChI=1S/C17H14ClFN2O2/c1-9-3-6-13-15(16(9)18)17(20-8-14(22)21-13)11-7-10(23-2)4-5-12(11)19/h3-7H,8H2,1-2H3,(H,21,22). The quantitative estimate of drug-likeness (QED) is 0.913. The Morgan fingerprint density at radius 1 is 1.30 bits per heavy atom. The van der Waals surface area contributed by atoms with Gasteiger partial charge in [-0.2, -0.15) is 0 Å². The molecule has 0 atom stereocenters. The number of methoxy groups -OCH3 is 1. The second kappa shape index (κ2) is 6.01. The minimum absolute atomic E-state index is 0.101. The van der Waals surface area contributed by atoms with E-state index in [1.807, 2.05) is 6.92 Å². The second-order valence-corrected chi connectivity index (χ2v) is 5.56. The number of anilines is 1. The molecule has 1 N–H and O–H groups in total. The van der Waals surface area contributed by atoms with Crippen molar-refractivity contribution in [2.75, 3.05) is 19.0 Å². The van der Waals surface area contributed by atoms with Crippen LogP contribution in [0.1, 0.15) is 16.7 Å². The van der Waals surface area contributed by atoms with E-state index in [0.717, 1.165) is 5.56 Å². The Morgan fingerprint density at radius 2 is 2.09 bits per heavy atom. The van der Waals surface area contributed by atoms with Gasteiger partial charge in [-0.1, -0.05) is 17.7 Å². The van der Waals surface area contributed by atoms with Crippen LogP contribution in [-0.2, 0) is 4.79 Å². The zero-order valence-corrected chi connectivity index (χ0v) is 13.4. The number of nitrogens with zero attached hydrogens (tertiary/aromatic N) is 1. The van der Waals surface area contributed by atoms with E-state index in [1.165, 1.54) is 19.2 Å². The van der Waals surface area contributed by atoms with Crippen molar-refractivity contribution in [3.8, 4) is 5.75 Å². The van der Waals surface area contributed by atoms with E-state index in [4.69, 9.17) is 16.3 Å². The van der Waals surface area contributed by atoms with Gasteiger partial charge in [0, 0.05) is 11.1 Å². The normalized spacial score (nSPS) is 13.7. The molecule has 0 saturated heterocycles. The first kappa shape index (κ1) is 15.5. The number of hydrogen-bond acceptors (Lipinski definition) is 3. The number of fused-ring (bicyclic) bond motifs is 1. The zero-order valence-electron chi connectivity index (χ0n) is 12.6. The number of aliphatic imine (C=N–C) groups is 1. The third-order valence-electron chi connectivity index (χ3n) is 3.66. The zero-order chi connectivity index (χ0) is 16.6. The number of benzene rings is 2. The predicted octanol–water partition coefficient (Wildman–Crippen LogP) is 3.59. The molecule has 0 spiro atoms. The van der Waals surface area contributed by atoms with Crippen molar-refractivity contribution in [3.05, 3.63) is 57.9 Å². The molecule has 0 unspecified atom stereocenters. The van der Waals surface area contributed by atoms with E-state index >= 15 is 0 Å². The fourth-order valence-electron chi connectivity index (χ4n) is 2.47. The third kappa shape index (κ3) is 2.80. The molecule has 0 radical (unpaired) electrons. The molecule has 3 rings (SSSR count). The highest BCUT2D eigenvalue weighted by atomic mass is 35.5. The molecule has 2 aromatic carbocycles. The molecule has 0 aromatic heterocycles. The Balaban J connectivity index is 2.28. The monoisotopic (exact) mass is 332 g/mol. The lowest BCUT2D eigenvalue weighted by atomic mass is 9.98. The van der Waals surface area contributed by atoms with Crippen molar-refractivity contribution < 1.29 is 13.9 Å². The minimum Gasteiger partial charge on any atom is -0.497 e. The van der Waals surface area contributed by atoms with E-state index in [2.05, 4.69) is 10.3 Å². The summed E-state index contributed by atoms with van der Waals surface area (Å²) in [6.07, 6.45) is 0. The summed E-state index contributed by atoms with van der Waals surface area (Å²) in [5.74, 6) is -0.232. The molecule has 4 nitrogen and oxygen atoms in total. The van der Waals surface area contributed by atoms with E-state index in [1.54, 1.807) is 18.2 Å². The lowest BCUT2D eigenvalue weighted by Crippen LogP contribution is -2.13. The number of nitrogens with one attached hydrogen (secondary N) is 1. The average molecular weight is 333 g/mol. The molecule has 0 saturated carbocycles. The van der Waals surface area contributed by atoms with Gasteiger partial charge >= 0.3 is 0 Å². The third-order valence-corrected chi connectivity index (χ3v) is 4.14. The topological polar surface area (TPSA) is 50.7 Å². The highest BCUT2D eigenvalue weighted by Gasteiger charge is 2.24. The molecule has 118 valence electrons. The largest absolute Gasteiger partial charge is 0.497 e. The molecule has 0 fully saturated rings. The van der Waals surface area contributed by atoms with Crippen molar-refractivity contribution in [2.24, 2.45) is 4.99 Å². The van der Waals surface area contributed by atoms with Gasteiger partial charge in [0.1, 0.15) is 18.1 Å². The number of rotatable bonds is 2. The Kier molecular flexibility index (Phi) is 4.05. The Labute approximate surface area is 137 Å². The molecule has 1 aliphatic heterocycles. The van der Waals surface area contributed by atoms with Crippen LogP contribution in [0, 0.1) is 12.7 Å². The molecule has 1 aliphatic rings. The first-order valence-corrected chi connectivity index (χ1v) is 7.36. The van der Waals surface area contributed by atoms with E-state index in [0.29, 0.717) is 27.7 Å². The summed E-state index contributed by atoms with van der Waals surface area (Å²) >= 11 is 6.42. The number of benzodiazepines with no additional fused rings is 1. The lowest BCUT2D eigenvalue weighted by Gasteiger charge is -2.15. The van der Waals surface area contributed by atoms with Crippen molar-refractivity contribution >= 4 is 28.9 Å². The summed E-state index contributed by atoms with van der Waals surface area (Å²) in [5, 5.41) is 3.18. The number of amides is 1.